The van der Waals surface area contributed by atoms with Crippen LogP contribution in [0.3, 0.4) is 0 Å². The molecule has 0 spiro atoms. The molecule has 2 saturated heterocycles. The van der Waals surface area contributed by atoms with Crippen molar-refractivity contribution in [3.05, 3.63) is 11.7 Å². The van der Waals surface area contributed by atoms with Crippen molar-refractivity contribution in [2.75, 3.05) is 24.6 Å². The maximum atomic E-state index is 12.3. The van der Waals surface area contributed by atoms with Crippen molar-refractivity contribution in [2.45, 2.75) is 51.0 Å². The molecule has 0 saturated carbocycles. The van der Waals surface area contributed by atoms with Gasteiger partial charge in [0.15, 0.2) is 15.7 Å². The highest BCUT2D eigenvalue weighted by Gasteiger charge is 2.32. The van der Waals surface area contributed by atoms with Gasteiger partial charge in [-0.1, -0.05) is 19.0 Å². The molecule has 0 bridgehead atoms. The van der Waals surface area contributed by atoms with Crippen LogP contribution in [-0.2, 0) is 9.84 Å². The molecule has 0 aliphatic carbocycles. The second-order valence-electron chi connectivity index (χ2n) is 6.96. The van der Waals surface area contributed by atoms with Gasteiger partial charge in [0.05, 0.1) is 11.5 Å². The first kappa shape index (κ1) is 17.2. The average molecular weight is 356 g/mol. The second kappa shape index (κ2) is 6.70. The summed E-state index contributed by atoms with van der Waals surface area (Å²) in [7, 11) is -2.98. The molecule has 3 heterocycles. The number of amides is 2. The average Bonchev–Trinajstić information content (AvgIpc) is 3.14. The van der Waals surface area contributed by atoms with Crippen molar-refractivity contribution in [3.8, 4) is 0 Å². The number of rotatable bonds is 3. The molecule has 2 fully saturated rings. The summed E-state index contributed by atoms with van der Waals surface area (Å²) < 4.78 is 28.3. The fourth-order valence-electron chi connectivity index (χ4n) is 3.15. The molecule has 1 unspecified atom stereocenters. The van der Waals surface area contributed by atoms with Crippen LogP contribution in [-0.4, -0.2) is 60.1 Å². The minimum atomic E-state index is -2.98. The standard InChI is InChI=1S/C15H24N4O4S/c1-10(2)13-17-14(23-18-13)11-3-6-19(7-4-11)15(20)16-12-5-8-24(21,22)9-12/h10-12H,3-9H2,1-2H3,(H,16,20). The molecule has 2 aliphatic rings. The van der Waals surface area contributed by atoms with Crippen molar-refractivity contribution >= 4 is 15.9 Å². The third-order valence-electron chi connectivity index (χ3n) is 4.67. The van der Waals surface area contributed by atoms with Crippen LogP contribution >= 0.6 is 0 Å². The Hall–Kier alpha value is -1.64. The predicted octanol–water partition coefficient (Wildman–Crippen LogP) is 1.27. The van der Waals surface area contributed by atoms with E-state index >= 15 is 0 Å². The highest BCUT2D eigenvalue weighted by Crippen LogP contribution is 2.27. The van der Waals surface area contributed by atoms with Gasteiger partial charge in [0.25, 0.3) is 0 Å². The van der Waals surface area contributed by atoms with Gasteiger partial charge in [-0.2, -0.15) is 4.98 Å². The number of nitrogens with zero attached hydrogens (tertiary/aromatic N) is 3. The Morgan fingerprint density at radius 1 is 1.29 bits per heavy atom. The Morgan fingerprint density at radius 3 is 2.54 bits per heavy atom. The third kappa shape index (κ3) is 3.88. The molecule has 1 aromatic rings. The molecule has 134 valence electrons. The van der Waals surface area contributed by atoms with Crippen LogP contribution in [0.5, 0.6) is 0 Å². The highest BCUT2D eigenvalue weighted by molar-refractivity contribution is 7.91. The maximum Gasteiger partial charge on any atom is 0.317 e. The Morgan fingerprint density at radius 2 is 2.00 bits per heavy atom. The van der Waals surface area contributed by atoms with E-state index in [0.29, 0.717) is 31.2 Å². The molecule has 1 atom stereocenters. The quantitative estimate of drug-likeness (QED) is 0.874. The molecule has 8 nitrogen and oxygen atoms in total. The van der Waals surface area contributed by atoms with Crippen LogP contribution < -0.4 is 5.32 Å². The molecule has 2 aliphatic heterocycles. The SMILES string of the molecule is CC(C)c1noc(C2CCN(C(=O)NC3CCS(=O)(=O)C3)CC2)n1. The summed E-state index contributed by atoms with van der Waals surface area (Å²) in [6, 6.07) is -0.436. The van der Waals surface area contributed by atoms with Crippen molar-refractivity contribution in [1.82, 2.24) is 20.4 Å². The van der Waals surface area contributed by atoms with E-state index in [1.54, 1.807) is 4.90 Å². The van der Waals surface area contributed by atoms with E-state index in [4.69, 9.17) is 4.52 Å². The van der Waals surface area contributed by atoms with E-state index in [0.717, 1.165) is 12.8 Å². The third-order valence-corrected chi connectivity index (χ3v) is 6.43. The second-order valence-corrected chi connectivity index (χ2v) is 9.19. The Kier molecular flexibility index (Phi) is 4.80. The van der Waals surface area contributed by atoms with E-state index < -0.39 is 9.84 Å². The molecule has 2 amide bonds. The number of urea groups is 1. The lowest BCUT2D eigenvalue weighted by atomic mass is 9.97. The molecule has 24 heavy (non-hydrogen) atoms. The van der Waals surface area contributed by atoms with E-state index in [1.165, 1.54) is 0 Å². The lowest BCUT2D eigenvalue weighted by Gasteiger charge is -2.31. The van der Waals surface area contributed by atoms with Gasteiger partial charge in [-0.25, -0.2) is 13.2 Å². The number of carbonyl (C=O) groups excluding carboxylic acids is 1. The lowest BCUT2D eigenvalue weighted by molar-refractivity contribution is 0.172. The number of likely N-dealkylation sites (tertiary alicyclic amines) is 1. The fraction of sp³-hybridized carbons (Fsp3) is 0.800. The molecular formula is C15H24N4O4S. The largest absolute Gasteiger partial charge is 0.339 e. The van der Waals surface area contributed by atoms with Crippen molar-refractivity contribution in [3.63, 3.8) is 0 Å². The first-order valence-corrected chi connectivity index (χ1v) is 10.3. The Labute approximate surface area is 141 Å². The van der Waals surface area contributed by atoms with E-state index in [1.807, 2.05) is 13.8 Å². The topological polar surface area (TPSA) is 105 Å². The van der Waals surface area contributed by atoms with Crippen molar-refractivity contribution in [2.24, 2.45) is 0 Å². The summed E-state index contributed by atoms with van der Waals surface area (Å²) in [6.45, 7) is 5.25. The minimum absolute atomic E-state index is 0.0508. The van der Waals surface area contributed by atoms with Crippen LogP contribution in [0.4, 0.5) is 4.79 Å². The Bertz CT molecular complexity index is 692. The first-order valence-electron chi connectivity index (χ1n) is 8.43. The van der Waals surface area contributed by atoms with Gasteiger partial charge in [-0.15, -0.1) is 0 Å². The predicted molar refractivity (Wildman–Crippen MR) is 87.5 cm³/mol. The van der Waals surface area contributed by atoms with Gasteiger partial charge in [0.2, 0.25) is 5.89 Å². The van der Waals surface area contributed by atoms with Crippen LogP contribution in [0, 0.1) is 0 Å². The first-order chi connectivity index (χ1) is 11.3. The van der Waals surface area contributed by atoms with Crippen molar-refractivity contribution in [1.29, 1.82) is 0 Å². The fourth-order valence-corrected chi connectivity index (χ4v) is 4.83. The van der Waals surface area contributed by atoms with E-state index in [2.05, 4.69) is 15.5 Å². The molecule has 9 heteroatoms. The number of aromatic nitrogens is 2. The highest BCUT2D eigenvalue weighted by atomic mass is 32.2. The number of carbonyl (C=O) groups is 1. The van der Waals surface area contributed by atoms with Gasteiger partial charge < -0.3 is 14.7 Å². The summed E-state index contributed by atoms with van der Waals surface area (Å²) >= 11 is 0. The van der Waals surface area contributed by atoms with Gasteiger partial charge in [-0.3, -0.25) is 0 Å². The maximum absolute atomic E-state index is 12.3. The number of sulfone groups is 1. The van der Waals surface area contributed by atoms with Gasteiger partial charge in [-0.05, 0) is 19.3 Å². The lowest BCUT2D eigenvalue weighted by Crippen LogP contribution is -2.48. The summed E-state index contributed by atoms with van der Waals surface area (Å²) in [5.41, 5.74) is 0. The summed E-state index contributed by atoms with van der Waals surface area (Å²) in [5, 5.41) is 6.83. The van der Waals surface area contributed by atoms with Crippen LogP contribution in [0.15, 0.2) is 4.52 Å². The normalized spacial score (nSPS) is 24.5. The van der Waals surface area contributed by atoms with E-state index in [9.17, 15) is 13.2 Å². The number of piperidine rings is 1. The molecule has 1 aromatic heterocycles. The molecular weight excluding hydrogens is 332 g/mol. The van der Waals surface area contributed by atoms with Gasteiger partial charge >= 0.3 is 6.03 Å². The zero-order valence-electron chi connectivity index (χ0n) is 14.1. The molecule has 0 radical (unpaired) electrons. The smallest absolute Gasteiger partial charge is 0.317 e. The molecule has 3 rings (SSSR count). The van der Waals surface area contributed by atoms with Crippen LogP contribution in [0.25, 0.3) is 0 Å². The van der Waals surface area contributed by atoms with Gasteiger partial charge in [0.1, 0.15) is 0 Å². The van der Waals surface area contributed by atoms with Crippen LogP contribution in [0.2, 0.25) is 0 Å². The zero-order valence-corrected chi connectivity index (χ0v) is 14.9. The Balaban J connectivity index is 1.50. The number of nitrogens with one attached hydrogen (secondary N) is 1. The number of hydrogen-bond acceptors (Lipinski definition) is 6. The monoisotopic (exact) mass is 356 g/mol. The summed E-state index contributed by atoms with van der Waals surface area (Å²) in [4.78, 5) is 18.4. The van der Waals surface area contributed by atoms with Crippen LogP contribution in [0.1, 0.15) is 56.7 Å². The summed E-state index contributed by atoms with van der Waals surface area (Å²) in [6.07, 6.45) is 2.05. The van der Waals surface area contributed by atoms with Crippen molar-refractivity contribution < 1.29 is 17.7 Å². The molecule has 1 N–H and O–H groups in total. The van der Waals surface area contributed by atoms with E-state index in [-0.39, 0.29) is 35.4 Å². The van der Waals surface area contributed by atoms with Gasteiger partial charge in [0, 0.05) is 31.0 Å². The minimum Gasteiger partial charge on any atom is -0.339 e. The zero-order chi connectivity index (χ0) is 17.3. The number of hydrogen-bond donors (Lipinski definition) is 1. The molecule has 0 aromatic carbocycles. The summed E-state index contributed by atoms with van der Waals surface area (Å²) in [5.74, 6) is 2.00.